The molecule has 1 aliphatic heterocycles. The highest BCUT2D eigenvalue weighted by Gasteiger charge is 2.23. The second-order valence-electron chi connectivity index (χ2n) is 7.31. The molecule has 0 radical (unpaired) electrons. The van der Waals surface area contributed by atoms with E-state index in [2.05, 4.69) is 15.2 Å². The van der Waals surface area contributed by atoms with Crippen molar-refractivity contribution in [3.8, 4) is 0 Å². The molecular formula is C24H23ClN4O2S. The van der Waals surface area contributed by atoms with Gasteiger partial charge >= 0.3 is 0 Å². The van der Waals surface area contributed by atoms with Crippen molar-refractivity contribution in [1.29, 1.82) is 0 Å². The van der Waals surface area contributed by atoms with E-state index < -0.39 is 0 Å². The molecule has 1 saturated heterocycles. The van der Waals surface area contributed by atoms with Crippen LogP contribution in [0.3, 0.4) is 0 Å². The predicted octanol–water partition coefficient (Wildman–Crippen LogP) is 4.43. The van der Waals surface area contributed by atoms with Gasteiger partial charge in [0.05, 0.1) is 21.4 Å². The molecule has 1 aromatic heterocycles. The molecule has 0 unspecified atom stereocenters. The van der Waals surface area contributed by atoms with Crippen molar-refractivity contribution in [2.24, 2.45) is 0 Å². The monoisotopic (exact) mass is 466 g/mol. The number of carbonyl (C=O) groups excluding carboxylic acids is 2. The molecule has 32 heavy (non-hydrogen) atoms. The largest absolute Gasteiger partial charge is 0.368 e. The molecule has 0 saturated carbocycles. The molecule has 1 N–H and O–H groups in total. The van der Waals surface area contributed by atoms with Gasteiger partial charge in [-0.1, -0.05) is 41.6 Å². The molecule has 0 aliphatic carbocycles. The van der Waals surface area contributed by atoms with Crippen molar-refractivity contribution in [2.75, 3.05) is 42.1 Å². The van der Waals surface area contributed by atoms with Gasteiger partial charge < -0.3 is 15.1 Å². The summed E-state index contributed by atoms with van der Waals surface area (Å²) in [5.74, 6) is 0.206. The summed E-state index contributed by atoms with van der Waals surface area (Å²) in [7, 11) is 0. The lowest BCUT2D eigenvalue weighted by atomic mass is 10.1. The number of hydrogen-bond donors (Lipinski definition) is 1. The normalized spacial score (nSPS) is 13.7. The number of amides is 2. The summed E-state index contributed by atoms with van der Waals surface area (Å²) in [6.45, 7) is 2.74. The number of rotatable bonds is 6. The predicted molar refractivity (Wildman–Crippen MR) is 130 cm³/mol. The zero-order chi connectivity index (χ0) is 22.3. The lowest BCUT2D eigenvalue weighted by Gasteiger charge is -2.36. The number of carbonyl (C=O) groups is 2. The van der Waals surface area contributed by atoms with Crippen molar-refractivity contribution in [1.82, 2.24) is 9.88 Å². The van der Waals surface area contributed by atoms with Gasteiger partial charge in [0.25, 0.3) is 5.91 Å². The number of aromatic nitrogens is 1. The molecule has 0 bridgehead atoms. The molecule has 2 heterocycles. The number of nitrogens with zero attached hydrogens (tertiary/aromatic N) is 3. The van der Waals surface area contributed by atoms with E-state index in [0.717, 1.165) is 29.5 Å². The van der Waals surface area contributed by atoms with Gasteiger partial charge in [0.1, 0.15) is 0 Å². The van der Waals surface area contributed by atoms with Crippen LogP contribution in [0.1, 0.15) is 10.4 Å². The van der Waals surface area contributed by atoms with Gasteiger partial charge in [-0.3, -0.25) is 9.59 Å². The summed E-state index contributed by atoms with van der Waals surface area (Å²) in [4.78, 5) is 33.2. The zero-order valence-electron chi connectivity index (χ0n) is 17.4. The minimum atomic E-state index is -0.0693. The Balaban J connectivity index is 1.27. The smallest absolute Gasteiger partial charge is 0.255 e. The van der Waals surface area contributed by atoms with Gasteiger partial charge in [-0.05, 0) is 48.5 Å². The maximum Gasteiger partial charge on any atom is 0.255 e. The fourth-order valence-electron chi connectivity index (χ4n) is 3.50. The summed E-state index contributed by atoms with van der Waals surface area (Å²) in [5.41, 5.74) is 2.37. The number of benzene rings is 2. The van der Waals surface area contributed by atoms with Gasteiger partial charge in [-0.2, -0.15) is 0 Å². The highest BCUT2D eigenvalue weighted by Crippen LogP contribution is 2.22. The molecular weight excluding hydrogens is 444 g/mol. The maximum atomic E-state index is 12.7. The topological polar surface area (TPSA) is 65.5 Å². The van der Waals surface area contributed by atoms with Gasteiger partial charge in [0.2, 0.25) is 5.91 Å². The van der Waals surface area contributed by atoms with Gasteiger partial charge in [0.15, 0.2) is 0 Å². The maximum absolute atomic E-state index is 12.7. The lowest BCUT2D eigenvalue weighted by molar-refractivity contribution is -0.113. The van der Waals surface area contributed by atoms with Crippen LogP contribution in [0.2, 0.25) is 5.02 Å². The molecule has 8 heteroatoms. The first-order valence-corrected chi connectivity index (χ1v) is 11.7. The fraction of sp³-hybridized carbons (Fsp3) is 0.208. The highest BCUT2D eigenvalue weighted by molar-refractivity contribution is 7.99. The first-order valence-electron chi connectivity index (χ1n) is 10.3. The van der Waals surface area contributed by atoms with Crippen LogP contribution in [0, 0.1) is 0 Å². The quantitative estimate of drug-likeness (QED) is 0.544. The average Bonchev–Trinajstić information content (AvgIpc) is 2.84. The van der Waals surface area contributed by atoms with Crippen LogP contribution in [0.25, 0.3) is 0 Å². The zero-order valence-corrected chi connectivity index (χ0v) is 19.0. The number of piperazine rings is 1. The molecule has 3 aromatic rings. The Bertz CT molecular complexity index is 1070. The molecule has 0 spiro atoms. The van der Waals surface area contributed by atoms with Crippen molar-refractivity contribution in [2.45, 2.75) is 5.03 Å². The van der Waals surface area contributed by atoms with E-state index in [-0.39, 0.29) is 11.8 Å². The number of halogens is 1. The first-order chi connectivity index (χ1) is 15.6. The van der Waals surface area contributed by atoms with Gasteiger partial charge in [0, 0.05) is 43.8 Å². The summed E-state index contributed by atoms with van der Waals surface area (Å²) in [5, 5.41) is 4.22. The van der Waals surface area contributed by atoms with Crippen molar-refractivity contribution < 1.29 is 9.59 Å². The summed E-state index contributed by atoms with van der Waals surface area (Å²) >= 11 is 7.58. The Morgan fingerprint density at radius 3 is 2.34 bits per heavy atom. The number of anilines is 2. The van der Waals surface area contributed by atoms with Crippen LogP contribution < -0.4 is 10.2 Å². The van der Waals surface area contributed by atoms with Gasteiger partial charge in [-0.15, -0.1) is 0 Å². The Labute approximate surface area is 196 Å². The molecule has 164 valence electrons. The lowest BCUT2D eigenvalue weighted by Crippen LogP contribution is -2.48. The molecule has 0 atom stereocenters. The second kappa shape index (κ2) is 10.5. The number of pyridine rings is 1. The standard InChI is InChI=1S/C24H23ClN4O2S/c25-21-6-2-1-5-20(21)24(31)29-15-13-28(14-16-29)19-10-8-18(9-11-19)27-22(30)17-32-23-7-3-4-12-26-23/h1-12H,13-17H2,(H,27,30). The summed E-state index contributed by atoms with van der Waals surface area (Å²) in [6.07, 6.45) is 1.71. The van der Waals surface area contributed by atoms with Gasteiger partial charge in [-0.25, -0.2) is 4.98 Å². The van der Waals surface area contributed by atoms with E-state index in [9.17, 15) is 9.59 Å². The average molecular weight is 467 g/mol. The Morgan fingerprint density at radius 2 is 1.66 bits per heavy atom. The minimum Gasteiger partial charge on any atom is -0.368 e. The van der Waals surface area contributed by atoms with Crippen LogP contribution >= 0.6 is 23.4 Å². The number of nitrogens with one attached hydrogen (secondary N) is 1. The third kappa shape index (κ3) is 5.60. The van der Waals surface area contributed by atoms with Crippen LogP contribution in [-0.2, 0) is 4.79 Å². The van der Waals surface area contributed by atoms with E-state index in [4.69, 9.17) is 11.6 Å². The van der Waals surface area contributed by atoms with Crippen LogP contribution in [0.5, 0.6) is 0 Å². The highest BCUT2D eigenvalue weighted by atomic mass is 35.5. The number of thioether (sulfide) groups is 1. The van der Waals surface area contributed by atoms with Crippen molar-refractivity contribution in [3.05, 3.63) is 83.5 Å². The summed E-state index contributed by atoms with van der Waals surface area (Å²) in [6, 6.07) is 20.6. The summed E-state index contributed by atoms with van der Waals surface area (Å²) < 4.78 is 0. The van der Waals surface area contributed by atoms with Crippen LogP contribution in [0.4, 0.5) is 11.4 Å². The SMILES string of the molecule is O=C(CSc1ccccn1)Nc1ccc(N2CCN(C(=O)c3ccccc3Cl)CC2)cc1. The third-order valence-electron chi connectivity index (χ3n) is 5.18. The van der Waals surface area contributed by atoms with E-state index in [1.54, 1.807) is 18.3 Å². The Kier molecular flexibility index (Phi) is 7.29. The van der Waals surface area contributed by atoms with E-state index in [0.29, 0.717) is 29.4 Å². The van der Waals surface area contributed by atoms with E-state index >= 15 is 0 Å². The molecule has 2 aromatic carbocycles. The minimum absolute atomic E-state index is 0.0307. The third-order valence-corrected chi connectivity index (χ3v) is 6.45. The Hall–Kier alpha value is -3.03. The second-order valence-corrected chi connectivity index (χ2v) is 8.71. The molecule has 2 amide bonds. The molecule has 4 rings (SSSR count). The molecule has 6 nitrogen and oxygen atoms in total. The van der Waals surface area contributed by atoms with Crippen molar-refractivity contribution in [3.63, 3.8) is 0 Å². The van der Waals surface area contributed by atoms with E-state index in [1.165, 1.54) is 11.8 Å². The van der Waals surface area contributed by atoms with Crippen molar-refractivity contribution >= 4 is 46.6 Å². The molecule has 1 aliphatic rings. The first kappa shape index (κ1) is 22.2. The van der Waals surface area contributed by atoms with Crippen LogP contribution in [-0.4, -0.2) is 53.6 Å². The fourth-order valence-corrected chi connectivity index (χ4v) is 4.38. The Morgan fingerprint density at radius 1 is 0.938 bits per heavy atom. The van der Waals surface area contributed by atoms with E-state index in [1.807, 2.05) is 59.5 Å². The van der Waals surface area contributed by atoms with Crippen LogP contribution in [0.15, 0.2) is 78.0 Å². The molecule has 1 fully saturated rings. The number of hydrogen-bond acceptors (Lipinski definition) is 5.